The number of aliphatic hydroxyl groups excluding tert-OH is 2. The van der Waals surface area contributed by atoms with Gasteiger partial charge in [0, 0.05) is 13.1 Å². The van der Waals surface area contributed by atoms with Crippen molar-refractivity contribution < 1.29 is 19.7 Å². The highest BCUT2D eigenvalue weighted by Gasteiger charge is 2.29. The van der Waals surface area contributed by atoms with Crippen LogP contribution in [0.25, 0.3) is 0 Å². The van der Waals surface area contributed by atoms with Crippen LogP contribution in [0.5, 0.6) is 11.5 Å². The van der Waals surface area contributed by atoms with E-state index in [9.17, 15) is 10.2 Å². The molecule has 1 saturated carbocycles. The zero-order chi connectivity index (χ0) is 14.4. The number of hydrogen-bond acceptors (Lipinski definition) is 5. The van der Waals surface area contributed by atoms with Crippen molar-refractivity contribution in [3.8, 4) is 11.5 Å². The van der Waals surface area contributed by atoms with Gasteiger partial charge in [-0.2, -0.15) is 0 Å². The van der Waals surface area contributed by atoms with E-state index in [1.54, 1.807) is 19.2 Å². The van der Waals surface area contributed by atoms with Crippen molar-refractivity contribution in [2.45, 2.75) is 25.0 Å². The molecule has 0 spiro atoms. The van der Waals surface area contributed by atoms with Crippen LogP contribution in [0.3, 0.4) is 0 Å². The number of aliphatic hydroxyl groups is 2. The Hall–Kier alpha value is -1.30. The molecule has 112 valence electrons. The number of nitrogens with one attached hydrogen (secondary N) is 1. The van der Waals surface area contributed by atoms with Crippen molar-refractivity contribution in [2.75, 3.05) is 26.8 Å². The van der Waals surface area contributed by atoms with E-state index in [4.69, 9.17) is 9.47 Å². The van der Waals surface area contributed by atoms with Crippen molar-refractivity contribution in [2.24, 2.45) is 5.92 Å². The second kappa shape index (κ2) is 7.47. The average Bonchev–Trinajstić information content (AvgIpc) is 3.30. The minimum Gasteiger partial charge on any atom is -0.497 e. The minimum atomic E-state index is -0.594. The quantitative estimate of drug-likeness (QED) is 0.624. The molecule has 3 N–H and O–H groups in total. The first kappa shape index (κ1) is 15.1. The fraction of sp³-hybridized carbons (Fsp3) is 0.600. The molecule has 1 fully saturated rings. The van der Waals surface area contributed by atoms with Gasteiger partial charge in [-0.15, -0.1) is 0 Å². The van der Waals surface area contributed by atoms with Gasteiger partial charge >= 0.3 is 0 Å². The van der Waals surface area contributed by atoms with Crippen molar-refractivity contribution in [1.29, 1.82) is 0 Å². The summed E-state index contributed by atoms with van der Waals surface area (Å²) in [5.41, 5.74) is 0. The van der Waals surface area contributed by atoms with Gasteiger partial charge in [-0.3, -0.25) is 0 Å². The van der Waals surface area contributed by atoms with Crippen LogP contribution in [0.1, 0.15) is 12.8 Å². The Morgan fingerprint density at radius 3 is 2.40 bits per heavy atom. The van der Waals surface area contributed by atoms with E-state index < -0.39 is 6.10 Å². The Morgan fingerprint density at radius 1 is 1.15 bits per heavy atom. The lowest BCUT2D eigenvalue weighted by atomic mass is 10.2. The van der Waals surface area contributed by atoms with Crippen molar-refractivity contribution in [1.82, 2.24) is 5.32 Å². The summed E-state index contributed by atoms with van der Waals surface area (Å²) in [6.07, 6.45) is 1.35. The van der Waals surface area contributed by atoms with E-state index in [0.717, 1.165) is 18.6 Å². The van der Waals surface area contributed by atoms with Gasteiger partial charge in [0.25, 0.3) is 0 Å². The van der Waals surface area contributed by atoms with E-state index >= 15 is 0 Å². The van der Waals surface area contributed by atoms with Gasteiger partial charge < -0.3 is 25.0 Å². The van der Waals surface area contributed by atoms with Crippen LogP contribution in [0, 0.1) is 5.92 Å². The van der Waals surface area contributed by atoms with Crippen LogP contribution < -0.4 is 14.8 Å². The van der Waals surface area contributed by atoms with E-state index in [0.29, 0.717) is 24.8 Å². The predicted octanol–water partition coefficient (Wildman–Crippen LogP) is 0.795. The highest BCUT2D eigenvalue weighted by atomic mass is 16.5. The largest absolute Gasteiger partial charge is 0.497 e. The fourth-order valence-electron chi connectivity index (χ4n) is 1.97. The maximum Gasteiger partial charge on any atom is 0.119 e. The van der Waals surface area contributed by atoms with E-state index in [2.05, 4.69) is 5.32 Å². The molecular formula is C15H23NO4. The summed E-state index contributed by atoms with van der Waals surface area (Å²) in [4.78, 5) is 0. The Balaban J connectivity index is 1.59. The molecule has 1 aliphatic rings. The number of rotatable bonds is 9. The molecule has 0 bridgehead atoms. The lowest BCUT2D eigenvalue weighted by Gasteiger charge is -2.15. The fourth-order valence-corrected chi connectivity index (χ4v) is 1.97. The third-order valence-electron chi connectivity index (χ3n) is 3.40. The van der Waals surface area contributed by atoms with Crippen LogP contribution in [-0.2, 0) is 0 Å². The Bertz CT molecular complexity index is 391. The van der Waals surface area contributed by atoms with E-state index in [1.807, 2.05) is 12.1 Å². The smallest absolute Gasteiger partial charge is 0.119 e. The summed E-state index contributed by atoms with van der Waals surface area (Å²) in [7, 11) is 1.61. The first-order valence-corrected chi connectivity index (χ1v) is 7.02. The molecule has 2 unspecified atom stereocenters. The summed E-state index contributed by atoms with van der Waals surface area (Å²) in [5, 5.41) is 22.5. The molecule has 1 aliphatic carbocycles. The van der Waals surface area contributed by atoms with Gasteiger partial charge in [0.2, 0.25) is 0 Å². The Labute approximate surface area is 119 Å². The Kier molecular flexibility index (Phi) is 5.64. The molecular weight excluding hydrogens is 258 g/mol. The molecule has 2 rings (SSSR count). The molecule has 20 heavy (non-hydrogen) atoms. The number of methoxy groups -OCH3 is 1. The second-order valence-electron chi connectivity index (χ2n) is 5.20. The predicted molar refractivity (Wildman–Crippen MR) is 76.1 cm³/mol. The SMILES string of the molecule is COc1ccc(OCC(O)CNCC(O)C2CC2)cc1. The zero-order valence-electron chi connectivity index (χ0n) is 11.8. The van der Waals surface area contributed by atoms with Gasteiger partial charge in [-0.05, 0) is 43.0 Å². The summed E-state index contributed by atoms with van der Waals surface area (Å²) in [6.45, 7) is 1.17. The topological polar surface area (TPSA) is 71.0 Å². The van der Waals surface area contributed by atoms with Gasteiger partial charge in [0.05, 0.1) is 13.2 Å². The van der Waals surface area contributed by atoms with Crippen LogP contribution in [0.2, 0.25) is 0 Å². The standard InChI is InChI=1S/C15H23NO4/c1-19-13-4-6-14(7-5-13)20-10-12(17)8-16-9-15(18)11-2-3-11/h4-7,11-12,15-18H,2-3,8-10H2,1H3. The molecule has 0 amide bonds. The molecule has 0 aliphatic heterocycles. The van der Waals surface area contributed by atoms with Crippen molar-refractivity contribution in [3.63, 3.8) is 0 Å². The minimum absolute atomic E-state index is 0.221. The third kappa shape index (κ3) is 5.00. The van der Waals surface area contributed by atoms with Crippen molar-refractivity contribution >= 4 is 0 Å². The zero-order valence-corrected chi connectivity index (χ0v) is 11.8. The molecule has 1 aromatic rings. The van der Waals surface area contributed by atoms with Crippen molar-refractivity contribution in [3.05, 3.63) is 24.3 Å². The summed E-state index contributed by atoms with van der Waals surface area (Å²) >= 11 is 0. The van der Waals surface area contributed by atoms with Gasteiger partial charge in [0.1, 0.15) is 24.2 Å². The summed E-state index contributed by atoms with van der Waals surface area (Å²) in [5.74, 6) is 1.92. The van der Waals surface area contributed by atoms with Crippen LogP contribution in [0.4, 0.5) is 0 Å². The second-order valence-corrected chi connectivity index (χ2v) is 5.20. The number of hydrogen-bond donors (Lipinski definition) is 3. The lowest BCUT2D eigenvalue weighted by molar-refractivity contribution is 0.0966. The van der Waals surface area contributed by atoms with E-state index in [1.165, 1.54) is 0 Å². The van der Waals surface area contributed by atoms with Crippen LogP contribution in [-0.4, -0.2) is 49.2 Å². The number of ether oxygens (including phenoxy) is 2. The number of benzene rings is 1. The average molecular weight is 281 g/mol. The molecule has 1 aromatic carbocycles. The third-order valence-corrected chi connectivity index (χ3v) is 3.40. The highest BCUT2D eigenvalue weighted by Crippen LogP contribution is 2.32. The van der Waals surface area contributed by atoms with Gasteiger partial charge in [-0.1, -0.05) is 0 Å². The maximum atomic E-state index is 9.78. The van der Waals surface area contributed by atoms with Gasteiger partial charge in [0.15, 0.2) is 0 Å². The van der Waals surface area contributed by atoms with E-state index in [-0.39, 0.29) is 12.7 Å². The lowest BCUT2D eigenvalue weighted by Crippen LogP contribution is -2.36. The first-order valence-electron chi connectivity index (χ1n) is 7.02. The molecule has 2 atom stereocenters. The van der Waals surface area contributed by atoms with Crippen LogP contribution in [0.15, 0.2) is 24.3 Å². The Morgan fingerprint density at radius 2 is 1.80 bits per heavy atom. The highest BCUT2D eigenvalue weighted by molar-refractivity contribution is 5.31. The van der Waals surface area contributed by atoms with Gasteiger partial charge in [-0.25, -0.2) is 0 Å². The first-order chi connectivity index (χ1) is 9.69. The maximum absolute atomic E-state index is 9.78. The molecule has 0 radical (unpaired) electrons. The molecule has 0 heterocycles. The molecule has 0 aromatic heterocycles. The molecule has 5 nitrogen and oxygen atoms in total. The normalized spacial score (nSPS) is 17.6. The molecule has 0 saturated heterocycles. The summed E-state index contributed by atoms with van der Waals surface area (Å²) < 4.78 is 10.5. The van der Waals surface area contributed by atoms with Crippen LogP contribution >= 0.6 is 0 Å². The monoisotopic (exact) mass is 281 g/mol. The molecule has 5 heteroatoms. The summed E-state index contributed by atoms with van der Waals surface area (Å²) in [6, 6.07) is 7.23.